The van der Waals surface area contributed by atoms with Crippen molar-refractivity contribution in [3.8, 4) is 0 Å². The number of carbonyl (C=O) groups is 1. The standard InChI is InChI=1S/C31H36F6N2O4/c1-27(2,21-16-22(30(32,33)34)18-23(17-21)31(35,36)37)26(41)38-28(20-6-4-3-5-7-20)9-8-24(25(40)19-28)39-12-10-29(11-13-39)42-14-15-43-29/h3-7,16-18,24-25,40H,8-15,19H2,1-2H3,(H,38,41)/t24-,25+,28-/m1/s1. The number of hydrogen-bond acceptors (Lipinski definition) is 5. The van der Waals surface area contributed by atoms with Crippen LogP contribution in [0.2, 0.25) is 0 Å². The van der Waals surface area contributed by atoms with E-state index in [-0.39, 0.29) is 18.5 Å². The second-order valence-corrected chi connectivity index (χ2v) is 12.3. The van der Waals surface area contributed by atoms with Gasteiger partial charge in [-0.15, -0.1) is 0 Å². The summed E-state index contributed by atoms with van der Waals surface area (Å²) < 4.78 is 93.1. The summed E-state index contributed by atoms with van der Waals surface area (Å²) in [5, 5.41) is 14.4. The van der Waals surface area contributed by atoms with E-state index in [1.807, 2.05) is 0 Å². The number of amides is 1. The van der Waals surface area contributed by atoms with Crippen LogP contribution >= 0.6 is 0 Å². The van der Waals surface area contributed by atoms with E-state index in [4.69, 9.17) is 9.47 Å². The van der Waals surface area contributed by atoms with Crippen molar-refractivity contribution < 1.29 is 45.7 Å². The molecule has 1 saturated carbocycles. The van der Waals surface area contributed by atoms with Gasteiger partial charge in [0.15, 0.2) is 5.79 Å². The Labute approximate surface area is 246 Å². The summed E-state index contributed by atoms with van der Waals surface area (Å²) >= 11 is 0. The van der Waals surface area contributed by atoms with Crippen LogP contribution in [-0.2, 0) is 37.6 Å². The molecule has 3 aliphatic rings. The number of halogens is 6. The molecule has 12 heteroatoms. The lowest BCUT2D eigenvalue weighted by Crippen LogP contribution is -2.60. The second kappa shape index (κ2) is 11.4. The topological polar surface area (TPSA) is 71.0 Å². The van der Waals surface area contributed by atoms with Gasteiger partial charge in [0, 0.05) is 38.4 Å². The van der Waals surface area contributed by atoms with Crippen molar-refractivity contribution in [1.29, 1.82) is 0 Å². The quantitative estimate of drug-likeness (QED) is 0.419. The average molecular weight is 615 g/mol. The molecular weight excluding hydrogens is 578 g/mol. The van der Waals surface area contributed by atoms with Gasteiger partial charge in [-0.05, 0) is 56.0 Å². The molecule has 6 nitrogen and oxygen atoms in total. The molecule has 0 bridgehead atoms. The lowest BCUT2D eigenvalue weighted by Gasteiger charge is -2.49. The van der Waals surface area contributed by atoms with Crippen LogP contribution < -0.4 is 5.32 Å². The lowest BCUT2D eigenvalue weighted by atomic mass is 9.71. The number of likely N-dealkylation sites (tertiary alicyclic amines) is 1. The van der Waals surface area contributed by atoms with E-state index in [0.717, 1.165) is 0 Å². The Bertz CT molecular complexity index is 1270. The second-order valence-electron chi connectivity index (χ2n) is 12.3. The minimum Gasteiger partial charge on any atom is -0.391 e. The van der Waals surface area contributed by atoms with Crippen LogP contribution in [-0.4, -0.2) is 60.1 Å². The zero-order valence-electron chi connectivity index (χ0n) is 24.0. The Kier molecular flexibility index (Phi) is 8.38. The fourth-order valence-corrected chi connectivity index (χ4v) is 6.62. The third-order valence-corrected chi connectivity index (χ3v) is 9.27. The van der Waals surface area contributed by atoms with Crippen LogP contribution in [0.4, 0.5) is 26.3 Å². The van der Waals surface area contributed by atoms with Gasteiger partial charge >= 0.3 is 12.4 Å². The molecule has 2 N–H and O–H groups in total. The highest BCUT2D eigenvalue weighted by molar-refractivity contribution is 5.88. The molecule has 0 unspecified atom stereocenters. The average Bonchev–Trinajstić information content (AvgIpc) is 3.41. The van der Waals surface area contributed by atoms with Gasteiger partial charge in [0.2, 0.25) is 5.91 Å². The zero-order valence-corrected chi connectivity index (χ0v) is 24.0. The first-order chi connectivity index (χ1) is 20.0. The summed E-state index contributed by atoms with van der Waals surface area (Å²) in [6.07, 6.45) is -8.57. The summed E-state index contributed by atoms with van der Waals surface area (Å²) in [5.74, 6) is -1.32. The van der Waals surface area contributed by atoms with Crippen LogP contribution in [0.1, 0.15) is 68.2 Å². The number of nitrogens with one attached hydrogen (secondary N) is 1. The number of aliphatic hydroxyl groups excluding tert-OH is 1. The highest BCUT2D eigenvalue weighted by atomic mass is 19.4. The number of hydrogen-bond donors (Lipinski definition) is 2. The minimum atomic E-state index is -5.04. The molecule has 3 fully saturated rings. The summed E-state index contributed by atoms with van der Waals surface area (Å²) in [4.78, 5) is 16.1. The fraction of sp³-hybridized carbons (Fsp3) is 0.581. The van der Waals surface area contributed by atoms with Crippen molar-refractivity contribution in [2.24, 2.45) is 0 Å². The van der Waals surface area contributed by atoms with Crippen molar-refractivity contribution in [1.82, 2.24) is 10.2 Å². The van der Waals surface area contributed by atoms with Gasteiger partial charge in [-0.3, -0.25) is 9.69 Å². The number of ether oxygens (including phenoxy) is 2. The predicted octanol–water partition coefficient (Wildman–Crippen LogP) is 5.77. The van der Waals surface area contributed by atoms with E-state index < -0.39 is 57.8 Å². The Morgan fingerprint density at radius 2 is 1.42 bits per heavy atom. The van der Waals surface area contributed by atoms with E-state index in [1.165, 1.54) is 13.8 Å². The van der Waals surface area contributed by atoms with E-state index in [9.17, 15) is 36.2 Å². The first-order valence-corrected chi connectivity index (χ1v) is 14.4. The summed E-state index contributed by atoms with van der Waals surface area (Å²) in [5.41, 5.74) is -5.54. The number of piperidine rings is 1. The van der Waals surface area contributed by atoms with E-state index >= 15 is 0 Å². The van der Waals surface area contributed by atoms with Crippen LogP contribution in [0, 0.1) is 0 Å². The monoisotopic (exact) mass is 614 g/mol. The first-order valence-electron chi connectivity index (χ1n) is 14.4. The zero-order chi connectivity index (χ0) is 31.3. The Hall–Kier alpha value is -2.67. The molecule has 2 aromatic carbocycles. The van der Waals surface area contributed by atoms with Crippen molar-refractivity contribution in [2.75, 3.05) is 26.3 Å². The highest BCUT2D eigenvalue weighted by Crippen LogP contribution is 2.43. The molecule has 2 aliphatic heterocycles. The third-order valence-electron chi connectivity index (χ3n) is 9.27. The maximum absolute atomic E-state index is 13.9. The minimum absolute atomic E-state index is 0.0496. The summed E-state index contributed by atoms with van der Waals surface area (Å²) in [6.45, 7) is 5.04. The molecule has 2 aromatic rings. The maximum Gasteiger partial charge on any atom is 0.416 e. The molecule has 0 radical (unpaired) electrons. The summed E-state index contributed by atoms with van der Waals surface area (Å²) in [7, 11) is 0. The number of benzene rings is 2. The molecule has 1 amide bonds. The van der Waals surface area contributed by atoms with Crippen molar-refractivity contribution >= 4 is 5.91 Å². The van der Waals surface area contributed by atoms with Crippen LogP contribution in [0.25, 0.3) is 0 Å². The third kappa shape index (κ3) is 6.43. The highest BCUT2D eigenvalue weighted by Gasteiger charge is 2.49. The van der Waals surface area contributed by atoms with E-state index in [2.05, 4.69) is 10.2 Å². The number of nitrogens with zero attached hydrogens (tertiary/aromatic N) is 1. The number of rotatable bonds is 5. The molecule has 43 heavy (non-hydrogen) atoms. The van der Waals surface area contributed by atoms with E-state index in [1.54, 1.807) is 30.3 Å². The number of aliphatic hydroxyl groups is 1. The van der Waals surface area contributed by atoms with Gasteiger partial charge in [-0.1, -0.05) is 30.3 Å². The predicted molar refractivity (Wildman–Crippen MR) is 145 cm³/mol. The fourth-order valence-electron chi connectivity index (χ4n) is 6.62. The Morgan fingerprint density at radius 1 is 0.884 bits per heavy atom. The number of alkyl halides is 6. The molecule has 0 aromatic heterocycles. The smallest absolute Gasteiger partial charge is 0.391 e. The van der Waals surface area contributed by atoms with Gasteiger partial charge in [0.1, 0.15) is 0 Å². The van der Waals surface area contributed by atoms with Gasteiger partial charge in [0.25, 0.3) is 0 Å². The molecule has 1 aliphatic carbocycles. The van der Waals surface area contributed by atoms with Gasteiger partial charge in [-0.2, -0.15) is 26.3 Å². The molecule has 1 spiro atoms. The molecule has 2 heterocycles. The van der Waals surface area contributed by atoms with Crippen LogP contribution in [0.3, 0.4) is 0 Å². The Morgan fingerprint density at radius 3 is 1.93 bits per heavy atom. The molecular formula is C31H36F6N2O4. The lowest BCUT2D eigenvalue weighted by molar-refractivity contribution is -0.192. The van der Waals surface area contributed by atoms with Crippen LogP contribution in [0.15, 0.2) is 48.5 Å². The molecule has 2 saturated heterocycles. The molecule has 3 atom stereocenters. The van der Waals surface area contributed by atoms with Gasteiger partial charge < -0.3 is 19.9 Å². The molecule has 236 valence electrons. The molecule has 5 rings (SSSR count). The van der Waals surface area contributed by atoms with Crippen molar-refractivity contribution in [3.05, 3.63) is 70.8 Å². The van der Waals surface area contributed by atoms with Gasteiger partial charge in [-0.25, -0.2) is 0 Å². The SMILES string of the molecule is CC(C)(C(=O)N[C@]1(c2ccccc2)CC[C@@H](N2CCC3(CC2)OCCO3)[C@@H](O)C1)c1cc(C(F)(F)F)cc(C(F)(F)F)c1. The number of carbonyl (C=O) groups excluding carboxylic acids is 1. The van der Waals surface area contributed by atoms with Crippen molar-refractivity contribution in [3.63, 3.8) is 0 Å². The maximum atomic E-state index is 13.9. The Balaban J connectivity index is 1.40. The first kappa shape index (κ1) is 31.7. The van der Waals surface area contributed by atoms with E-state index in [0.29, 0.717) is 69.7 Å². The van der Waals surface area contributed by atoms with Crippen molar-refractivity contribution in [2.45, 2.75) is 87.2 Å². The van der Waals surface area contributed by atoms with Crippen LogP contribution in [0.5, 0.6) is 0 Å². The largest absolute Gasteiger partial charge is 0.416 e. The normalized spacial score (nSPS) is 26.9. The van der Waals surface area contributed by atoms with Gasteiger partial charge in [0.05, 0.1) is 41.4 Å². The summed E-state index contributed by atoms with van der Waals surface area (Å²) in [6, 6.07) is 9.99.